The molecule has 2 nitrogen and oxygen atoms in total. The lowest BCUT2D eigenvalue weighted by atomic mass is 10.2. The molecule has 1 N–H and O–H groups in total. The van der Waals surface area contributed by atoms with E-state index in [9.17, 15) is 22.7 Å². The highest BCUT2D eigenvalue weighted by atomic mass is 19.3. The fourth-order valence-corrected chi connectivity index (χ4v) is 0.841. The highest BCUT2D eigenvalue weighted by Crippen LogP contribution is 2.22. The molecular weight excluding hydrogens is 228 g/mol. The van der Waals surface area contributed by atoms with Gasteiger partial charge in [-0.1, -0.05) is 0 Å². The summed E-state index contributed by atoms with van der Waals surface area (Å²) in [6.07, 6.45) is -4.04. The van der Waals surface area contributed by atoms with Crippen LogP contribution in [0.5, 0.6) is 0 Å². The summed E-state index contributed by atoms with van der Waals surface area (Å²) >= 11 is 0. The summed E-state index contributed by atoms with van der Waals surface area (Å²) in [6.45, 7) is -0.152. The van der Waals surface area contributed by atoms with E-state index in [-0.39, 0.29) is 6.42 Å². The van der Waals surface area contributed by atoms with Crippen LogP contribution in [0, 0.1) is 11.8 Å². The summed E-state index contributed by atoms with van der Waals surface area (Å²) in [5.41, 5.74) is 0. The number of hydrogen-bond donors (Lipinski definition) is 1. The second kappa shape index (κ2) is 7.47. The molecule has 0 aromatic rings. The van der Waals surface area contributed by atoms with Crippen molar-refractivity contribution in [3.05, 3.63) is 0 Å². The van der Waals surface area contributed by atoms with Crippen LogP contribution in [0.4, 0.5) is 17.6 Å². The van der Waals surface area contributed by atoms with Gasteiger partial charge in [0, 0.05) is 6.42 Å². The van der Waals surface area contributed by atoms with Gasteiger partial charge in [0.15, 0.2) is 0 Å². The van der Waals surface area contributed by atoms with Crippen LogP contribution >= 0.6 is 0 Å². The third kappa shape index (κ3) is 6.64. The summed E-state index contributed by atoms with van der Waals surface area (Å²) in [4.78, 5) is 0. The topological polar surface area (TPSA) is 29.5 Å². The molecule has 0 fully saturated rings. The van der Waals surface area contributed by atoms with Gasteiger partial charge in [-0.2, -0.15) is 8.78 Å². The Hall–Kier alpha value is -0.800. The number of ether oxygens (including phenoxy) is 1. The number of aliphatic hydroxyl groups excluding tert-OH is 1. The average molecular weight is 242 g/mol. The number of hydrogen-bond acceptors (Lipinski definition) is 2. The molecule has 94 valence electrons. The molecule has 0 aliphatic rings. The van der Waals surface area contributed by atoms with Gasteiger partial charge in [-0.15, -0.1) is 11.8 Å². The monoisotopic (exact) mass is 242 g/mol. The molecule has 0 saturated carbocycles. The van der Waals surface area contributed by atoms with Crippen LogP contribution in [0.15, 0.2) is 0 Å². The van der Waals surface area contributed by atoms with Crippen molar-refractivity contribution in [2.75, 3.05) is 13.2 Å². The molecule has 0 aliphatic carbocycles. The maximum Gasteiger partial charge on any atom is 0.330 e. The van der Waals surface area contributed by atoms with Crippen LogP contribution < -0.4 is 0 Å². The minimum Gasteiger partial charge on any atom is -0.391 e. The molecular formula is C10H14F4O2. The predicted molar refractivity (Wildman–Crippen MR) is 50.5 cm³/mol. The van der Waals surface area contributed by atoms with Crippen molar-refractivity contribution in [2.24, 2.45) is 0 Å². The van der Waals surface area contributed by atoms with E-state index in [1.807, 2.05) is 0 Å². The molecule has 0 radical (unpaired) electrons. The van der Waals surface area contributed by atoms with E-state index >= 15 is 0 Å². The van der Waals surface area contributed by atoms with Gasteiger partial charge in [0.25, 0.3) is 0 Å². The van der Waals surface area contributed by atoms with Crippen molar-refractivity contribution in [3.8, 4) is 11.8 Å². The molecule has 1 atom stereocenters. The SMILES string of the molecule is CC#CCCC(O)COCC(F)(F)C(F)F. The quantitative estimate of drug-likeness (QED) is 0.547. The highest BCUT2D eigenvalue weighted by Gasteiger charge is 2.41. The lowest BCUT2D eigenvalue weighted by molar-refractivity contribution is -0.170. The first-order valence-corrected chi connectivity index (χ1v) is 4.71. The molecule has 0 aromatic heterocycles. The number of rotatable bonds is 7. The van der Waals surface area contributed by atoms with Crippen molar-refractivity contribution in [3.63, 3.8) is 0 Å². The molecule has 0 heterocycles. The van der Waals surface area contributed by atoms with Crippen LogP contribution in [0.2, 0.25) is 0 Å². The Balaban J connectivity index is 3.67. The first-order chi connectivity index (χ1) is 7.40. The van der Waals surface area contributed by atoms with E-state index < -0.39 is 31.7 Å². The van der Waals surface area contributed by atoms with E-state index in [4.69, 9.17) is 0 Å². The van der Waals surface area contributed by atoms with Gasteiger partial charge in [-0.25, -0.2) is 8.78 Å². The number of alkyl halides is 4. The lowest BCUT2D eigenvalue weighted by Gasteiger charge is -2.16. The molecule has 6 heteroatoms. The first kappa shape index (κ1) is 15.2. The Morgan fingerprint density at radius 1 is 1.38 bits per heavy atom. The zero-order chi connectivity index (χ0) is 12.6. The van der Waals surface area contributed by atoms with E-state index in [0.717, 1.165) is 0 Å². The van der Waals surface area contributed by atoms with E-state index in [2.05, 4.69) is 16.6 Å². The zero-order valence-electron chi connectivity index (χ0n) is 8.85. The zero-order valence-corrected chi connectivity index (χ0v) is 8.85. The minimum absolute atomic E-state index is 0.265. The molecule has 0 bridgehead atoms. The summed E-state index contributed by atoms with van der Waals surface area (Å²) in [6, 6.07) is 0. The van der Waals surface area contributed by atoms with Crippen molar-refractivity contribution < 1.29 is 27.4 Å². The van der Waals surface area contributed by atoms with Crippen LogP contribution in [-0.4, -0.2) is 36.8 Å². The smallest absolute Gasteiger partial charge is 0.330 e. The molecule has 1 unspecified atom stereocenters. The van der Waals surface area contributed by atoms with E-state index in [1.54, 1.807) is 6.92 Å². The van der Waals surface area contributed by atoms with Crippen molar-refractivity contribution >= 4 is 0 Å². The van der Waals surface area contributed by atoms with E-state index in [0.29, 0.717) is 6.42 Å². The highest BCUT2D eigenvalue weighted by molar-refractivity contribution is 4.94. The molecule has 16 heavy (non-hydrogen) atoms. The maximum atomic E-state index is 12.3. The summed E-state index contributed by atoms with van der Waals surface area (Å²) in [7, 11) is 0. The van der Waals surface area contributed by atoms with Gasteiger partial charge in [0.2, 0.25) is 0 Å². The van der Waals surface area contributed by atoms with Crippen molar-refractivity contribution in [1.29, 1.82) is 0 Å². The van der Waals surface area contributed by atoms with Gasteiger partial charge >= 0.3 is 12.3 Å². The standard InChI is InChI=1S/C10H14F4O2/c1-2-3-4-5-8(15)6-16-7-10(13,14)9(11)12/h8-9,15H,4-7H2,1H3. The Kier molecular flexibility index (Phi) is 7.10. The number of aliphatic hydroxyl groups is 1. The van der Waals surface area contributed by atoms with Gasteiger partial charge in [0.05, 0.1) is 12.7 Å². The van der Waals surface area contributed by atoms with Crippen LogP contribution in [0.3, 0.4) is 0 Å². The van der Waals surface area contributed by atoms with Gasteiger partial charge in [0.1, 0.15) is 6.61 Å². The number of halogens is 4. The predicted octanol–water partition coefficient (Wildman–Crippen LogP) is 2.07. The minimum atomic E-state index is -4.16. The fourth-order valence-electron chi connectivity index (χ4n) is 0.841. The molecule has 0 aliphatic heterocycles. The van der Waals surface area contributed by atoms with Gasteiger partial charge in [-0.3, -0.25) is 0 Å². The fraction of sp³-hybridized carbons (Fsp3) is 0.800. The molecule has 0 saturated heterocycles. The average Bonchev–Trinajstić information content (AvgIpc) is 2.17. The van der Waals surface area contributed by atoms with Crippen molar-refractivity contribution in [1.82, 2.24) is 0 Å². The van der Waals surface area contributed by atoms with Crippen LogP contribution in [0.25, 0.3) is 0 Å². The molecule has 0 aromatic carbocycles. The molecule has 0 amide bonds. The van der Waals surface area contributed by atoms with E-state index in [1.165, 1.54) is 0 Å². The largest absolute Gasteiger partial charge is 0.391 e. The summed E-state index contributed by atoms with van der Waals surface area (Å²) in [5, 5.41) is 9.19. The molecule has 0 rings (SSSR count). The Morgan fingerprint density at radius 2 is 2.00 bits per heavy atom. The van der Waals surface area contributed by atoms with Gasteiger partial charge < -0.3 is 9.84 Å². The molecule has 0 spiro atoms. The van der Waals surface area contributed by atoms with Crippen LogP contribution in [-0.2, 0) is 4.74 Å². The first-order valence-electron chi connectivity index (χ1n) is 4.71. The third-order valence-corrected chi connectivity index (χ3v) is 1.70. The normalized spacial score (nSPS) is 13.4. The van der Waals surface area contributed by atoms with Crippen LogP contribution in [0.1, 0.15) is 19.8 Å². The Bertz CT molecular complexity index is 245. The summed E-state index contributed by atoms with van der Waals surface area (Å²) < 4.78 is 52.3. The second-order valence-electron chi connectivity index (χ2n) is 3.20. The summed E-state index contributed by atoms with van der Waals surface area (Å²) in [5.74, 6) is 1.10. The Labute approximate surface area is 91.6 Å². The second-order valence-corrected chi connectivity index (χ2v) is 3.20. The van der Waals surface area contributed by atoms with Crippen molar-refractivity contribution in [2.45, 2.75) is 38.2 Å². The lowest BCUT2D eigenvalue weighted by Crippen LogP contribution is -2.33. The van der Waals surface area contributed by atoms with Gasteiger partial charge in [-0.05, 0) is 13.3 Å². The maximum absolute atomic E-state index is 12.3. The Morgan fingerprint density at radius 3 is 2.50 bits per heavy atom. The third-order valence-electron chi connectivity index (χ3n) is 1.70.